The van der Waals surface area contributed by atoms with Gasteiger partial charge < -0.3 is 0 Å². The minimum Gasteiger partial charge on any atom is -0.291 e. The van der Waals surface area contributed by atoms with Gasteiger partial charge in [0, 0.05) is 6.20 Å². The van der Waals surface area contributed by atoms with Crippen molar-refractivity contribution in [3.05, 3.63) is 29.6 Å². The molecule has 1 heterocycles. The number of aromatic nitrogens is 1. The number of pyridine rings is 1. The van der Waals surface area contributed by atoms with Gasteiger partial charge in [-0.15, -0.1) is 0 Å². The molecule has 0 unspecified atom stereocenters. The molecule has 0 saturated heterocycles. The number of hydrogen-bond acceptors (Lipinski definition) is 2. The van der Waals surface area contributed by atoms with Crippen LogP contribution in [0.1, 0.15) is 0 Å². The molecule has 0 aliphatic rings. The highest BCUT2D eigenvalue weighted by Crippen LogP contribution is 1.88. The minimum atomic E-state index is -0.445. The highest BCUT2D eigenvalue weighted by Gasteiger charge is 1.89. The van der Waals surface area contributed by atoms with Gasteiger partial charge in [0.25, 0.3) is 0 Å². The van der Waals surface area contributed by atoms with E-state index in [9.17, 15) is 4.39 Å². The third kappa shape index (κ3) is 1.10. The second kappa shape index (κ2) is 2.43. The zero-order valence-electron chi connectivity index (χ0n) is 5.13. The van der Waals surface area contributed by atoms with Crippen LogP contribution in [-0.4, -0.2) is 10.9 Å². The van der Waals surface area contributed by atoms with E-state index in [0.717, 1.165) is 17.1 Å². The first-order valence-corrected chi connectivity index (χ1v) is 2.67. The lowest BCUT2D eigenvalue weighted by Gasteiger charge is -1.95. The van der Waals surface area contributed by atoms with Crippen LogP contribution in [0.5, 0.6) is 0 Å². The summed E-state index contributed by atoms with van der Waals surface area (Å²) in [5.41, 5.74) is 0.0939. The summed E-state index contributed by atoms with van der Waals surface area (Å²) in [6.45, 7) is 0. The van der Waals surface area contributed by atoms with E-state index < -0.39 is 5.82 Å². The predicted octanol–water partition coefficient (Wildman–Crippen LogP) is 0.562. The van der Waals surface area contributed by atoms with Gasteiger partial charge in [0.05, 0.1) is 6.34 Å². The summed E-state index contributed by atoms with van der Waals surface area (Å²) in [6.07, 6.45) is 1.96. The zero-order chi connectivity index (χ0) is 7.56. The lowest BCUT2D eigenvalue weighted by atomic mass is 10.4. The van der Waals surface area contributed by atoms with Crippen molar-refractivity contribution in [2.75, 3.05) is 0 Å². The number of nitrogens with one attached hydrogen (secondary N) is 2. The van der Waals surface area contributed by atoms with Gasteiger partial charge in [-0.1, -0.05) is 0 Å². The van der Waals surface area contributed by atoms with Crippen LogP contribution in [0, 0.1) is 16.6 Å². The monoisotopic (exact) mass is 139 g/mol. The van der Waals surface area contributed by atoms with Crippen molar-refractivity contribution in [2.45, 2.75) is 0 Å². The maximum atomic E-state index is 12.3. The summed E-state index contributed by atoms with van der Waals surface area (Å²) in [6, 6.07) is 2.47. The first kappa shape index (κ1) is 6.67. The molecule has 0 bridgehead atoms. The summed E-state index contributed by atoms with van der Waals surface area (Å²) in [4.78, 5) is 0. The topological polar surface area (TPSA) is 52.6 Å². The Morgan fingerprint density at radius 2 is 2.20 bits per heavy atom. The van der Waals surface area contributed by atoms with Crippen molar-refractivity contribution >= 4 is 6.34 Å². The molecule has 0 aliphatic heterocycles. The van der Waals surface area contributed by atoms with Gasteiger partial charge >= 0.3 is 0 Å². The van der Waals surface area contributed by atoms with Crippen molar-refractivity contribution < 1.29 is 4.39 Å². The Morgan fingerprint density at radius 3 is 2.70 bits per heavy atom. The van der Waals surface area contributed by atoms with Gasteiger partial charge in [0.15, 0.2) is 0 Å². The first-order valence-electron chi connectivity index (χ1n) is 2.67. The Balaban J connectivity index is 3.35. The van der Waals surface area contributed by atoms with Crippen LogP contribution in [0.4, 0.5) is 4.39 Å². The average molecular weight is 139 g/mol. The summed E-state index contributed by atoms with van der Waals surface area (Å²) < 4.78 is 13.4. The molecule has 0 atom stereocenters. The molecule has 0 spiro atoms. The molecule has 0 fully saturated rings. The highest BCUT2D eigenvalue weighted by molar-refractivity contribution is 5.53. The summed E-state index contributed by atoms with van der Waals surface area (Å²) in [5.74, 6) is -0.445. The number of rotatable bonds is 1. The largest absolute Gasteiger partial charge is 0.291 e. The standard InChI is InChI=1S/C6H6FN3/c7-5-1-2-6(9)10(3-5)4-8/h1-4,8-9H. The molecule has 0 amide bonds. The van der Waals surface area contributed by atoms with Crippen LogP contribution >= 0.6 is 0 Å². The van der Waals surface area contributed by atoms with Crippen molar-refractivity contribution in [2.24, 2.45) is 0 Å². The second-order valence-electron chi connectivity index (χ2n) is 1.77. The number of halogens is 1. The number of hydrogen-bond donors (Lipinski definition) is 2. The average Bonchev–Trinajstić information content (AvgIpc) is 1.94. The molecule has 0 aliphatic carbocycles. The minimum absolute atomic E-state index is 0.0939. The molecule has 0 radical (unpaired) electrons. The highest BCUT2D eigenvalue weighted by atomic mass is 19.1. The first-order chi connectivity index (χ1) is 4.74. The molecule has 52 valence electrons. The van der Waals surface area contributed by atoms with E-state index in [2.05, 4.69) is 0 Å². The number of nitrogens with zero attached hydrogens (tertiary/aromatic N) is 1. The lowest BCUT2D eigenvalue weighted by molar-refractivity contribution is 0.614. The summed E-state index contributed by atoms with van der Waals surface area (Å²) >= 11 is 0. The van der Waals surface area contributed by atoms with E-state index in [1.54, 1.807) is 0 Å². The Hall–Kier alpha value is -1.45. The third-order valence-electron chi connectivity index (χ3n) is 1.08. The van der Waals surface area contributed by atoms with Gasteiger partial charge in [-0.25, -0.2) is 4.39 Å². The van der Waals surface area contributed by atoms with Gasteiger partial charge in [-0.2, -0.15) is 0 Å². The Kier molecular flexibility index (Phi) is 1.62. The van der Waals surface area contributed by atoms with Crippen molar-refractivity contribution in [3.63, 3.8) is 0 Å². The van der Waals surface area contributed by atoms with Crippen LogP contribution in [-0.2, 0) is 0 Å². The van der Waals surface area contributed by atoms with E-state index in [4.69, 9.17) is 10.8 Å². The molecule has 1 rings (SSSR count). The van der Waals surface area contributed by atoms with E-state index in [-0.39, 0.29) is 5.49 Å². The van der Waals surface area contributed by atoms with Crippen LogP contribution in [0.2, 0.25) is 0 Å². The summed E-state index contributed by atoms with van der Waals surface area (Å²) in [5, 5.41) is 13.8. The van der Waals surface area contributed by atoms with Gasteiger partial charge in [-0.05, 0) is 12.1 Å². The fraction of sp³-hybridized carbons (Fsp3) is 0. The molecule has 2 N–H and O–H groups in total. The molecule has 3 nitrogen and oxygen atoms in total. The molecular weight excluding hydrogens is 133 g/mol. The predicted molar refractivity (Wildman–Crippen MR) is 34.4 cm³/mol. The quantitative estimate of drug-likeness (QED) is 0.422. The van der Waals surface area contributed by atoms with Gasteiger partial charge in [0.1, 0.15) is 11.3 Å². The molecule has 0 aromatic carbocycles. The maximum Gasteiger partial charge on any atom is 0.139 e. The molecule has 1 aromatic rings. The second-order valence-corrected chi connectivity index (χ2v) is 1.77. The van der Waals surface area contributed by atoms with Crippen molar-refractivity contribution in [1.29, 1.82) is 10.8 Å². The van der Waals surface area contributed by atoms with E-state index >= 15 is 0 Å². The van der Waals surface area contributed by atoms with Gasteiger partial charge in [0.2, 0.25) is 0 Å². The van der Waals surface area contributed by atoms with Crippen molar-refractivity contribution in [3.8, 4) is 0 Å². The van der Waals surface area contributed by atoms with Crippen LogP contribution in [0.25, 0.3) is 0 Å². The Labute approximate surface area is 56.8 Å². The summed E-state index contributed by atoms with van der Waals surface area (Å²) in [7, 11) is 0. The molecule has 0 saturated carbocycles. The Bertz CT molecular complexity index is 302. The normalized spacial score (nSPS) is 9.30. The van der Waals surface area contributed by atoms with Crippen LogP contribution < -0.4 is 5.49 Å². The van der Waals surface area contributed by atoms with E-state index in [0.29, 0.717) is 0 Å². The Morgan fingerprint density at radius 1 is 1.50 bits per heavy atom. The SMILES string of the molecule is N=Cn1cc(F)ccc1=N. The fourth-order valence-corrected chi connectivity index (χ4v) is 0.597. The maximum absolute atomic E-state index is 12.3. The third-order valence-corrected chi connectivity index (χ3v) is 1.08. The smallest absolute Gasteiger partial charge is 0.139 e. The molecule has 4 heteroatoms. The van der Waals surface area contributed by atoms with E-state index in [1.807, 2.05) is 0 Å². The molecule has 1 aromatic heterocycles. The lowest BCUT2D eigenvalue weighted by Crippen LogP contribution is -2.17. The zero-order valence-corrected chi connectivity index (χ0v) is 5.13. The van der Waals surface area contributed by atoms with E-state index in [1.165, 1.54) is 12.1 Å². The van der Waals surface area contributed by atoms with Crippen molar-refractivity contribution in [1.82, 2.24) is 4.57 Å². The van der Waals surface area contributed by atoms with Crippen LogP contribution in [0.15, 0.2) is 18.3 Å². The van der Waals surface area contributed by atoms with Gasteiger partial charge in [-0.3, -0.25) is 15.4 Å². The molecular formula is C6H6FN3. The fourth-order valence-electron chi connectivity index (χ4n) is 0.597. The van der Waals surface area contributed by atoms with Crippen LogP contribution in [0.3, 0.4) is 0 Å². The molecule has 10 heavy (non-hydrogen) atoms.